The van der Waals surface area contributed by atoms with Crippen LogP contribution in [-0.4, -0.2) is 91.2 Å². The van der Waals surface area contributed by atoms with Crippen LogP contribution < -0.4 is 15.5 Å². The van der Waals surface area contributed by atoms with Crippen molar-refractivity contribution < 1.29 is 34.1 Å². The van der Waals surface area contributed by atoms with Gasteiger partial charge in [-0.2, -0.15) is 0 Å². The fourth-order valence-corrected chi connectivity index (χ4v) is 10.5. The highest BCUT2D eigenvalue weighted by atomic mass is 35.5. The van der Waals surface area contributed by atoms with E-state index in [1.54, 1.807) is 98.0 Å². The quantitative estimate of drug-likeness (QED) is 0.115. The lowest BCUT2D eigenvalue weighted by molar-refractivity contribution is -0.126. The average molecular weight is 1230 g/mol. The second kappa shape index (κ2) is 26.1. The summed E-state index contributed by atoms with van der Waals surface area (Å²) in [7, 11) is 1.61. The molecule has 8 aromatic carbocycles. The molecule has 15 nitrogen and oxygen atoms in total. The molecule has 85 heavy (non-hydrogen) atoms. The lowest BCUT2D eigenvalue weighted by atomic mass is 10.00. The van der Waals surface area contributed by atoms with Gasteiger partial charge in [0.25, 0.3) is 17.7 Å². The highest BCUT2D eigenvalue weighted by Crippen LogP contribution is 2.34. The van der Waals surface area contributed by atoms with E-state index in [0.29, 0.717) is 93.8 Å². The molecular formula is C64H47Cl5FN9O6. The first-order valence-corrected chi connectivity index (χ1v) is 27.9. The number of halogens is 6. The fourth-order valence-electron chi connectivity index (χ4n) is 9.54. The lowest BCUT2D eigenvalue weighted by Gasteiger charge is -2.18. The van der Waals surface area contributed by atoms with E-state index < -0.39 is 36.4 Å². The molecule has 3 atom stereocenters. The zero-order valence-electron chi connectivity index (χ0n) is 44.8. The van der Waals surface area contributed by atoms with E-state index in [1.165, 1.54) is 11.0 Å². The first-order chi connectivity index (χ1) is 40.9. The number of aryl methyl sites for hydroxylation is 1. The Kier molecular flexibility index (Phi) is 18.2. The third-order valence-corrected chi connectivity index (χ3v) is 14.8. The number of aliphatic hydroxyl groups excluding tert-OH is 3. The molecule has 3 amide bonds. The summed E-state index contributed by atoms with van der Waals surface area (Å²) in [4.78, 5) is 58.4. The SMILES string of the molecule is CN1C(=O)C(O)N=C(c2ccccc2)c2cc(Cl)ccc21.Cc1ncc2n1-c1ccc(Cl)cc1C(c1ccccc1F)=NC2.O=C1Nc2ccc(Cl)cc2C(c2ccccc2)=NC1O.O=C1Nc2ccc(Cl)cc2C(c2ccccc2Cl)=NC1O. The van der Waals surface area contributed by atoms with Crippen molar-refractivity contribution in [2.45, 2.75) is 32.2 Å². The fraction of sp³-hybridized carbons (Fsp3) is 0.0938. The van der Waals surface area contributed by atoms with Gasteiger partial charge in [-0.05, 0) is 97.9 Å². The molecule has 5 heterocycles. The molecule has 0 saturated heterocycles. The maximum absolute atomic E-state index is 14.3. The molecule has 0 radical (unpaired) electrons. The molecule has 21 heteroatoms. The standard InChI is InChI=1S/C18H13ClFN3.C16H13ClN2O2.C15H10Cl2N2O2.C15H11ClN2O2/c1-11-21-9-13-10-22-18(14-4-2-3-5-16(14)20)15-8-12(19)6-7-17(15)23(11)13;1-19-13-8-7-11(17)9-12(13)14(18-15(20)16(19)21)10-5-3-2-4-6-10;16-8-5-6-12-10(7-8)13(19-15(21)14(20)18-12)9-3-1-2-4-11(9)17;16-10-6-7-12-11(8-10)13(9-4-2-1-3-5-9)18-15(20)14(19)17-12/h2-9H,10H2,1H3;2-9,15,20H,1H3;1-7,15,21H,(H,18,20);1-8,15,20H,(H,17,19). The monoisotopic (exact) mass is 1230 g/mol. The first kappa shape index (κ1) is 59.5. The van der Waals surface area contributed by atoms with Gasteiger partial charge >= 0.3 is 0 Å². The van der Waals surface area contributed by atoms with Crippen molar-refractivity contribution in [1.29, 1.82) is 0 Å². The molecule has 0 aliphatic carbocycles. The lowest BCUT2D eigenvalue weighted by Crippen LogP contribution is -2.34. The van der Waals surface area contributed by atoms with Crippen LogP contribution >= 0.6 is 58.0 Å². The summed E-state index contributed by atoms with van der Waals surface area (Å²) < 4.78 is 16.3. The van der Waals surface area contributed by atoms with Gasteiger partial charge < -0.3 is 30.9 Å². The molecule has 1 aromatic heterocycles. The summed E-state index contributed by atoms with van der Waals surface area (Å²) in [6.07, 6.45) is -2.54. The van der Waals surface area contributed by atoms with Gasteiger partial charge in [-0.3, -0.25) is 23.9 Å². The van der Waals surface area contributed by atoms with Crippen LogP contribution in [0.25, 0.3) is 5.69 Å². The number of aliphatic hydroxyl groups is 3. The molecule has 13 rings (SSSR count). The largest absolute Gasteiger partial charge is 0.364 e. The van der Waals surface area contributed by atoms with Crippen molar-refractivity contribution in [3.05, 3.63) is 275 Å². The predicted molar refractivity (Wildman–Crippen MR) is 333 cm³/mol. The number of benzene rings is 8. The second-order valence-corrected chi connectivity index (χ2v) is 21.3. The number of nitrogens with zero attached hydrogens (tertiary/aromatic N) is 7. The Labute approximate surface area is 511 Å². The smallest absolute Gasteiger partial charge is 0.278 e. The topological polar surface area (TPSA) is 206 Å². The molecule has 426 valence electrons. The highest BCUT2D eigenvalue weighted by molar-refractivity contribution is 6.37. The van der Waals surface area contributed by atoms with Crippen molar-refractivity contribution >= 4 is 116 Å². The molecule has 0 spiro atoms. The minimum atomic E-state index is -1.50. The minimum absolute atomic E-state index is 0.293. The van der Waals surface area contributed by atoms with E-state index in [9.17, 15) is 34.1 Å². The normalized spacial score (nSPS) is 16.5. The molecule has 5 N–H and O–H groups in total. The van der Waals surface area contributed by atoms with Crippen LogP contribution in [0.3, 0.4) is 0 Å². The molecule has 0 fully saturated rings. The number of likely N-dealkylation sites (N-methyl/N-ethyl adjacent to an activating group) is 1. The Morgan fingerprint density at radius 1 is 0.494 bits per heavy atom. The van der Waals surface area contributed by atoms with Crippen molar-refractivity contribution in [2.75, 3.05) is 22.6 Å². The summed E-state index contributed by atoms with van der Waals surface area (Å²) in [6, 6.07) is 53.5. The zero-order chi connectivity index (χ0) is 60.1. The summed E-state index contributed by atoms with van der Waals surface area (Å²) in [5.41, 5.74) is 11.4. The van der Waals surface area contributed by atoms with Crippen molar-refractivity contribution in [2.24, 2.45) is 20.0 Å². The van der Waals surface area contributed by atoms with Crippen LogP contribution in [0.4, 0.5) is 21.5 Å². The second-order valence-electron chi connectivity index (χ2n) is 19.1. The molecule has 9 aromatic rings. The third kappa shape index (κ3) is 13.2. The summed E-state index contributed by atoms with van der Waals surface area (Å²) in [5.74, 6) is -1.04. The molecule has 0 saturated carbocycles. The van der Waals surface area contributed by atoms with Crippen molar-refractivity contribution in [3.63, 3.8) is 0 Å². The highest BCUT2D eigenvalue weighted by Gasteiger charge is 2.30. The number of anilines is 3. The number of hydrogen-bond donors (Lipinski definition) is 5. The Morgan fingerprint density at radius 3 is 1.51 bits per heavy atom. The molecule has 3 unspecified atom stereocenters. The van der Waals surface area contributed by atoms with E-state index in [1.807, 2.05) is 103 Å². The van der Waals surface area contributed by atoms with Crippen LogP contribution in [0.5, 0.6) is 0 Å². The number of carbonyl (C=O) groups is 3. The Hall–Kier alpha value is -8.68. The number of fused-ring (bicyclic) bond motifs is 6. The van der Waals surface area contributed by atoms with Gasteiger partial charge in [0, 0.05) is 76.7 Å². The Bertz CT molecular complexity index is 4200. The van der Waals surface area contributed by atoms with Gasteiger partial charge in [0.05, 0.1) is 64.0 Å². The number of amides is 3. The summed E-state index contributed by atoms with van der Waals surface area (Å²) >= 11 is 30.5. The van der Waals surface area contributed by atoms with Gasteiger partial charge in [0.15, 0.2) is 0 Å². The van der Waals surface area contributed by atoms with Crippen molar-refractivity contribution in [3.8, 4) is 5.69 Å². The molecule has 4 aliphatic heterocycles. The Morgan fingerprint density at radius 2 is 0.941 bits per heavy atom. The average Bonchev–Trinajstić information content (AvgIpc) is 3.84. The van der Waals surface area contributed by atoms with Crippen LogP contribution in [0, 0.1) is 12.7 Å². The number of imidazole rings is 1. The number of rotatable bonds is 4. The maximum Gasteiger partial charge on any atom is 0.278 e. The molecule has 4 aliphatic rings. The number of nitrogens with one attached hydrogen (secondary N) is 2. The van der Waals surface area contributed by atoms with Crippen LogP contribution in [-0.2, 0) is 20.9 Å². The van der Waals surface area contributed by atoms with Crippen molar-refractivity contribution in [1.82, 2.24) is 9.55 Å². The number of benzodiazepines with no additional fused rings is 3. The van der Waals surface area contributed by atoms with E-state index in [4.69, 9.17) is 58.0 Å². The maximum atomic E-state index is 14.3. The summed E-state index contributed by atoms with van der Waals surface area (Å²) in [6.45, 7) is 2.38. The van der Waals surface area contributed by atoms with E-state index in [2.05, 4.69) is 35.6 Å². The van der Waals surface area contributed by atoms with Gasteiger partial charge in [0.2, 0.25) is 18.7 Å². The minimum Gasteiger partial charge on any atom is -0.364 e. The van der Waals surface area contributed by atoms with E-state index >= 15 is 0 Å². The van der Waals surface area contributed by atoms with Gasteiger partial charge in [-0.15, -0.1) is 0 Å². The van der Waals surface area contributed by atoms with Crippen LogP contribution in [0.2, 0.25) is 25.1 Å². The third-order valence-electron chi connectivity index (χ3n) is 13.6. The molecule has 0 bridgehead atoms. The van der Waals surface area contributed by atoms with E-state index in [0.717, 1.165) is 39.5 Å². The Balaban J connectivity index is 0.000000126. The van der Waals surface area contributed by atoms with Crippen LogP contribution in [0.1, 0.15) is 56.0 Å². The van der Waals surface area contributed by atoms with E-state index in [-0.39, 0.29) is 5.82 Å². The van der Waals surface area contributed by atoms with Gasteiger partial charge in [-0.1, -0.05) is 149 Å². The number of aromatic nitrogens is 2. The van der Waals surface area contributed by atoms with Crippen LogP contribution in [0.15, 0.2) is 208 Å². The van der Waals surface area contributed by atoms with Gasteiger partial charge in [-0.25, -0.2) is 24.4 Å². The first-order valence-electron chi connectivity index (χ1n) is 26.0. The number of hydrogen-bond acceptors (Lipinski definition) is 11. The predicted octanol–water partition coefficient (Wildman–Crippen LogP) is 12.3. The zero-order valence-corrected chi connectivity index (χ0v) is 48.6. The number of aliphatic imine (C=N–C) groups is 4. The van der Waals surface area contributed by atoms with Gasteiger partial charge in [0.1, 0.15) is 11.6 Å². The summed E-state index contributed by atoms with van der Waals surface area (Å²) in [5, 5.41) is 37.5. The number of carbonyl (C=O) groups excluding carboxylic acids is 3. The molecular weight excluding hydrogens is 1190 g/mol.